The molecule has 54 heavy (non-hydrogen) atoms. The molecule has 0 aromatic heterocycles. The summed E-state index contributed by atoms with van der Waals surface area (Å²) in [6.45, 7) is 6.58. The first-order valence-corrected chi connectivity index (χ1v) is 19.3. The van der Waals surface area contributed by atoms with Crippen molar-refractivity contribution in [1.29, 1.82) is 0 Å². The minimum absolute atomic E-state index is 0.331. The Morgan fingerprint density at radius 3 is 0.852 bits per heavy atom. The normalized spacial score (nSPS) is 9.98. The van der Waals surface area contributed by atoms with Gasteiger partial charge in [0.25, 0.3) is 0 Å². The van der Waals surface area contributed by atoms with Gasteiger partial charge in [0, 0.05) is 0 Å². The largest absolute Gasteiger partial charge is 0.478 e. The van der Waals surface area contributed by atoms with Gasteiger partial charge in [-0.3, -0.25) is 0 Å². The van der Waals surface area contributed by atoms with E-state index in [1.165, 1.54) is 93.7 Å². The van der Waals surface area contributed by atoms with Gasteiger partial charge in [-0.25, -0.2) is 19.2 Å². The van der Waals surface area contributed by atoms with Crippen LogP contribution in [0.25, 0.3) is 0 Å². The minimum Gasteiger partial charge on any atom is -0.478 e. The number of aromatic carboxylic acids is 4. The second-order valence-electron chi connectivity index (χ2n) is 13.1. The summed E-state index contributed by atoms with van der Waals surface area (Å²) in [6.07, 6.45) is 18.2. The van der Waals surface area contributed by atoms with E-state index in [0.29, 0.717) is 22.3 Å². The van der Waals surface area contributed by atoms with E-state index >= 15 is 0 Å². The van der Waals surface area contributed by atoms with Crippen LogP contribution < -0.4 is 0 Å². The number of rotatable bonds is 19. The molecule has 0 amide bonds. The highest BCUT2D eigenvalue weighted by Crippen LogP contribution is 2.12. The van der Waals surface area contributed by atoms with E-state index < -0.39 is 23.9 Å². The Morgan fingerprint density at radius 2 is 0.574 bits per heavy atom. The summed E-state index contributed by atoms with van der Waals surface area (Å²) >= 11 is 0. The Balaban J connectivity index is 0.000000366. The summed E-state index contributed by atoms with van der Waals surface area (Å²) in [7, 11) is 0. The van der Waals surface area contributed by atoms with Gasteiger partial charge in [-0.1, -0.05) is 133 Å². The Kier molecular flexibility index (Phi) is 25.3. The number of carboxylic acids is 4. The monoisotopic (exact) mass is 740 g/mol. The fraction of sp³-hybridized carbons (Fsp3) is 0.391. The lowest BCUT2D eigenvalue weighted by molar-refractivity contribution is 0.0686. The molecule has 0 radical (unpaired) electrons. The Bertz CT molecular complexity index is 1600. The summed E-state index contributed by atoms with van der Waals surface area (Å²) in [5.41, 5.74) is 5.13. The Hall–Kier alpha value is -5.24. The summed E-state index contributed by atoms with van der Waals surface area (Å²) in [5.74, 6) is -3.44. The average molecular weight is 741 g/mol. The third kappa shape index (κ3) is 22.0. The second-order valence-corrected chi connectivity index (χ2v) is 13.1. The molecule has 0 unspecified atom stereocenters. The SMILES string of the molecule is CCCCCCCc1ccc(C(=O)O)cc1.CCCCCCc1ccc(C(=O)O)cc1.CCCCCc1ccc(C(=O)O)cc1.O=C(O)c1ccccc1. The molecular formula is C46H60O8. The second kappa shape index (κ2) is 29.2. The predicted molar refractivity (Wildman–Crippen MR) is 217 cm³/mol. The van der Waals surface area contributed by atoms with E-state index in [0.717, 1.165) is 19.3 Å². The number of benzene rings is 4. The zero-order chi connectivity index (χ0) is 40.0. The van der Waals surface area contributed by atoms with Gasteiger partial charge in [0.15, 0.2) is 0 Å². The van der Waals surface area contributed by atoms with Crippen molar-refractivity contribution < 1.29 is 39.6 Å². The van der Waals surface area contributed by atoms with Gasteiger partial charge in [0.2, 0.25) is 0 Å². The fourth-order valence-corrected chi connectivity index (χ4v) is 5.29. The number of carboxylic acid groups (broad SMARTS) is 4. The van der Waals surface area contributed by atoms with Crippen LogP contribution in [0.15, 0.2) is 103 Å². The summed E-state index contributed by atoms with van der Waals surface area (Å²) in [6, 6.07) is 29.8. The molecule has 8 nitrogen and oxygen atoms in total. The van der Waals surface area contributed by atoms with E-state index in [9.17, 15) is 19.2 Å². The van der Waals surface area contributed by atoms with Crippen LogP contribution >= 0.6 is 0 Å². The van der Waals surface area contributed by atoms with E-state index in [1.54, 1.807) is 66.7 Å². The first kappa shape index (κ1) is 46.8. The van der Waals surface area contributed by atoms with Gasteiger partial charge in [-0.05, 0) is 104 Å². The van der Waals surface area contributed by atoms with Gasteiger partial charge < -0.3 is 20.4 Å². The number of hydrogen-bond donors (Lipinski definition) is 4. The molecule has 4 aromatic carbocycles. The maximum atomic E-state index is 10.6. The van der Waals surface area contributed by atoms with Crippen molar-refractivity contribution in [3.8, 4) is 0 Å². The molecule has 0 saturated carbocycles. The first-order chi connectivity index (χ1) is 26.0. The molecule has 8 heteroatoms. The number of hydrogen-bond acceptors (Lipinski definition) is 4. The quantitative estimate of drug-likeness (QED) is 0.0694. The number of carbonyl (C=O) groups is 4. The van der Waals surface area contributed by atoms with E-state index in [-0.39, 0.29) is 0 Å². The molecule has 4 aromatic rings. The lowest BCUT2D eigenvalue weighted by Gasteiger charge is -2.02. The molecule has 292 valence electrons. The molecule has 0 aliphatic carbocycles. The van der Waals surface area contributed by atoms with Crippen LogP contribution in [0.5, 0.6) is 0 Å². The van der Waals surface area contributed by atoms with Crippen LogP contribution in [0.4, 0.5) is 0 Å². The third-order valence-electron chi connectivity index (χ3n) is 8.58. The molecule has 0 heterocycles. The average Bonchev–Trinajstić information content (AvgIpc) is 3.18. The van der Waals surface area contributed by atoms with Crippen LogP contribution in [-0.4, -0.2) is 44.3 Å². The van der Waals surface area contributed by atoms with Gasteiger partial charge in [0.05, 0.1) is 22.3 Å². The smallest absolute Gasteiger partial charge is 0.335 e. The lowest BCUT2D eigenvalue weighted by Crippen LogP contribution is -1.96. The molecule has 0 saturated heterocycles. The molecule has 0 spiro atoms. The van der Waals surface area contributed by atoms with Crippen molar-refractivity contribution in [1.82, 2.24) is 0 Å². The third-order valence-corrected chi connectivity index (χ3v) is 8.58. The van der Waals surface area contributed by atoms with Crippen LogP contribution in [-0.2, 0) is 19.3 Å². The van der Waals surface area contributed by atoms with Gasteiger partial charge in [-0.2, -0.15) is 0 Å². The highest BCUT2D eigenvalue weighted by Gasteiger charge is 2.03. The lowest BCUT2D eigenvalue weighted by atomic mass is 10.0. The van der Waals surface area contributed by atoms with Crippen LogP contribution in [0.1, 0.15) is 156 Å². The zero-order valence-electron chi connectivity index (χ0n) is 32.3. The molecule has 0 fully saturated rings. The Labute approximate surface area is 321 Å². The van der Waals surface area contributed by atoms with Crippen LogP contribution in [0, 0.1) is 0 Å². The molecule has 0 aliphatic heterocycles. The maximum absolute atomic E-state index is 10.6. The molecule has 0 aliphatic rings. The van der Waals surface area contributed by atoms with Crippen molar-refractivity contribution in [2.24, 2.45) is 0 Å². The molecule has 4 N–H and O–H groups in total. The first-order valence-electron chi connectivity index (χ1n) is 19.3. The van der Waals surface area contributed by atoms with Gasteiger partial charge in [-0.15, -0.1) is 0 Å². The van der Waals surface area contributed by atoms with E-state index in [2.05, 4.69) is 20.8 Å². The zero-order valence-corrected chi connectivity index (χ0v) is 32.3. The molecule has 0 atom stereocenters. The molecular weight excluding hydrogens is 680 g/mol. The van der Waals surface area contributed by atoms with Crippen molar-refractivity contribution >= 4 is 23.9 Å². The highest BCUT2D eigenvalue weighted by molar-refractivity contribution is 5.88. The molecule has 0 bridgehead atoms. The predicted octanol–water partition coefficient (Wildman–Crippen LogP) is 11.9. The summed E-state index contributed by atoms with van der Waals surface area (Å²) in [4.78, 5) is 42.0. The standard InChI is InChI=1S/C14H20O2.C13H18O2.C12H16O2.C7H6O2/c1-2-3-4-5-6-7-12-8-10-13(11-9-12)14(15)16;1-2-3-4-5-6-11-7-9-12(10-8-11)13(14)15;1-2-3-4-5-10-6-8-11(9-7-10)12(13)14;8-7(9)6-4-2-1-3-5-6/h8-11H,2-7H2,1H3,(H,15,16);7-10H,2-6H2,1H3,(H,14,15);6-9H,2-5H2,1H3,(H,13,14);1-5H,(H,8,9). The van der Waals surface area contributed by atoms with Crippen molar-refractivity contribution in [3.05, 3.63) is 142 Å². The fourth-order valence-electron chi connectivity index (χ4n) is 5.29. The van der Waals surface area contributed by atoms with Crippen LogP contribution in [0.2, 0.25) is 0 Å². The minimum atomic E-state index is -0.879. The maximum Gasteiger partial charge on any atom is 0.335 e. The number of aryl methyl sites for hydroxylation is 3. The summed E-state index contributed by atoms with van der Waals surface area (Å²) in [5, 5.41) is 34.5. The van der Waals surface area contributed by atoms with E-state index in [4.69, 9.17) is 20.4 Å². The number of unbranched alkanes of at least 4 members (excludes halogenated alkanes) is 9. The van der Waals surface area contributed by atoms with Crippen molar-refractivity contribution in [2.45, 2.75) is 117 Å². The van der Waals surface area contributed by atoms with Crippen LogP contribution in [0.3, 0.4) is 0 Å². The Morgan fingerprint density at radius 1 is 0.333 bits per heavy atom. The summed E-state index contributed by atoms with van der Waals surface area (Å²) < 4.78 is 0. The van der Waals surface area contributed by atoms with Crippen molar-refractivity contribution in [2.75, 3.05) is 0 Å². The van der Waals surface area contributed by atoms with Crippen molar-refractivity contribution in [3.63, 3.8) is 0 Å². The van der Waals surface area contributed by atoms with Gasteiger partial charge >= 0.3 is 23.9 Å². The highest BCUT2D eigenvalue weighted by atomic mass is 16.4. The molecule has 4 rings (SSSR count). The van der Waals surface area contributed by atoms with Gasteiger partial charge in [0.1, 0.15) is 0 Å². The topological polar surface area (TPSA) is 149 Å². The van der Waals surface area contributed by atoms with E-state index in [1.807, 2.05) is 36.4 Å².